The van der Waals surface area contributed by atoms with Crippen LogP contribution in [0.15, 0.2) is 18.5 Å². The maximum absolute atomic E-state index is 12.3. The molecule has 1 saturated carbocycles. The third-order valence-electron chi connectivity index (χ3n) is 3.25. The molecule has 1 aliphatic carbocycles. The Kier molecular flexibility index (Phi) is 3.43. The Hall–Kier alpha value is -1.42. The summed E-state index contributed by atoms with van der Waals surface area (Å²) in [6.07, 6.45) is 5.81. The molecule has 1 aromatic heterocycles. The predicted octanol–water partition coefficient (Wildman–Crippen LogP) is 2.23. The SMILES string of the molecule is CCOc1cncc(C(=O)C2(OC)CCC2)c1. The quantitative estimate of drug-likeness (QED) is 0.734. The second kappa shape index (κ2) is 4.84. The summed E-state index contributed by atoms with van der Waals surface area (Å²) in [6, 6.07) is 1.73. The van der Waals surface area contributed by atoms with Crippen LogP contribution in [0.1, 0.15) is 36.5 Å². The number of methoxy groups -OCH3 is 1. The lowest BCUT2D eigenvalue weighted by Crippen LogP contribution is -2.47. The first kappa shape index (κ1) is 12.0. The van der Waals surface area contributed by atoms with Gasteiger partial charge in [-0.3, -0.25) is 9.78 Å². The van der Waals surface area contributed by atoms with Crippen LogP contribution in [0.4, 0.5) is 0 Å². The van der Waals surface area contributed by atoms with Crippen molar-refractivity contribution in [3.8, 4) is 5.75 Å². The van der Waals surface area contributed by atoms with E-state index in [-0.39, 0.29) is 5.78 Å². The van der Waals surface area contributed by atoms with Gasteiger partial charge < -0.3 is 9.47 Å². The topological polar surface area (TPSA) is 48.4 Å². The Morgan fingerprint density at radius 2 is 2.24 bits per heavy atom. The molecule has 0 amide bonds. The van der Waals surface area contributed by atoms with Crippen molar-refractivity contribution < 1.29 is 14.3 Å². The zero-order valence-corrected chi connectivity index (χ0v) is 10.2. The largest absolute Gasteiger partial charge is 0.492 e. The van der Waals surface area contributed by atoms with Gasteiger partial charge in [0, 0.05) is 18.9 Å². The van der Waals surface area contributed by atoms with Gasteiger partial charge in [-0.15, -0.1) is 0 Å². The summed E-state index contributed by atoms with van der Waals surface area (Å²) in [4.78, 5) is 16.3. The van der Waals surface area contributed by atoms with Crippen molar-refractivity contribution in [2.45, 2.75) is 31.8 Å². The van der Waals surface area contributed by atoms with Crippen LogP contribution in [0.2, 0.25) is 0 Å². The third-order valence-corrected chi connectivity index (χ3v) is 3.25. The van der Waals surface area contributed by atoms with Gasteiger partial charge in [0.05, 0.1) is 12.8 Å². The molecule has 1 aromatic rings. The summed E-state index contributed by atoms with van der Waals surface area (Å²) >= 11 is 0. The highest BCUT2D eigenvalue weighted by Crippen LogP contribution is 2.38. The molecule has 92 valence electrons. The smallest absolute Gasteiger partial charge is 0.196 e. The van der Waals surface area contributed by atoms with Gasteiger partial charge in [-0.2, -0.15) is 0 Å². The van der Waals surface area contributed by atoms with Crippen molar-refractivity contribution in [1.29, 1.82) is 0 Å². The van der Waals surface area contributed by atoms with Crippen molar-refractivity contribution in [2.75, 3.05) is 13.7 Å². The average Bonchev–Trinajstić information content (AvgIpc) is 2.29. The minimum atomic E-state index is -0.619. The summed E-state index contributed by atoms with van der Waals surface area (Å²) in [7, 11) is 1.59. The van der Waals surface area contributed by atoms with Gasteiger partial charge in [-0.25, -0.2) is 0 Å². The minimum Gasteiger partial charge on any atom is -0.492 e. The van der Waals surface area contributed by atoms with E-state index >= 15 is 0 Å². The van der Waals surface area contributed by atoms with Gasteiger partial charge in [0.1, 0.15) is 11.4 Å². The molecule has 2 rings (SSSR count). The molecule has 1 heterocycles. The van der Waals surface area contributed by atoms with E-state index in [1.54, 1.807) is 25.6 Å². The van der Waals surface area contributed by atoms with Gasteiger partial charge in [-0.1, -0.05) is 0 Å². The number of rotatable bonds is 5. The van der Waals surface area contributed by atoms with Gasteiger partial charge in [0.15, 0.2) is 5.78 Å². The van der Waals surface area contributed by atoms with Gasteiger partial charge in [0.2, 0.25) is 0 Å². The Labute approximate surface area is 101 Å². The van der Waals surface area contributed by atoms with Crippen LogP contribution in [0.5, 0.6) is 5.75 Å². The molecule has 17 heavy (non-hydrogen) atoms. The molecule has 0 aromatic carbocycles. The van der Waals surface area contributed by atoms with Crippen molar-refractivity contribution >= 4 is 5.78 Å². The summed E-state index contributed by atoms with van der Waals surface area (Å²) in [6.45, 7) is 2.46. The Bertz CT molecular complexity index is 407. The van der Waals surface area contributed by atoms with E-state index in [4.69, 9.17) is 9.47 Å². The van der Waals surface area contributed by atoms with Crippen molar-refractivity contribution in [3.63, 3.8) is 0 Å². The average molecular weight is 235 g/mol. The van der Waals surface area contributed by atoms with E-state index in [0.717, 1.165) is 19.3 Å². The first-order chi connectivity index (χ1) is 8.22. The molecule has 0 radical (unpaired) electrons. The monoisotopic (exact) mass is 235 g/mol. The number of Topliss-reactive ketones (excluding diaryl/α,β-unsaturated/α-hetero) is 1. The lowest BCUT2D eigenvalue weighted by atomic mass is 9.75. The van der Waals surface area contributed by atoms with Crippen LogP contribution >= 0.6 is 0 Å². The second-order valence-corrected chi connectivity index (χ2v) is 4.22. The summed E-state index contributed by atoms with van der Waals surface area (Å²) < 4.78 is 10.7. The first-order valence-electron chi connectivity index (χ1n) is 5.89. The molecule has 4 heteroatoms. The van der Waals surface area contributed by atoms with Crippen molar-refractivity contribution in [3.05, 3.63) is 24.0 Å². The van der Waals surface area contributed by atoms with E-state index in [1.165, 1.54) is 0 Å². The van der Waals surface area contributed by atoms with Crippen LogP contribution in [0, 0.1) is 0 Å². The van der Waals surface area contributed by atoms with Crippen LogP contribution in [0.25, 0.3) is 0 Å². The van der Waals surface area contributed by atoms with Crippen LogP contribution in [-0.4, -0.2) is 30.1 Å². The highest BCUT2D eigenvalue weighted by Gasteiger charge is 2.44. The molecule has 0 unspecified atom stereocenters. The fraction of sp³-hybridized carbons (Fsp3) is 0.538. The van der Waals surface area contributed by atoms with Crippen LogP contribution in [0.3, 0.4) is 0 Å². The lowest BCUT2D eigenvalue weighted by molar-refractivity contribution is -0.0448. The number of hydrogen-bond donors (Lipinski definition) is 0. The fourth-order valence-corrected chi connectivity index (χ4v) is 2.07. The molecule has 1 fully saturated rings. The standard InChI is InChI=1S/C13H17NO3/c1-3-17-11-7-10(8-14-9-11)12(15)13(16-2)5-4-6-13/h7-9H,3-6H2,1-2H3. The number of hydrogen-bond acceptors (Lipinski definition) is 4. The highest BCUT2D eigenvalue weighted by molar-refractivity contribution is 6.03. The number of pyridine rings is 1. The maximum atomic E-state index is 12.3. The van der Waals surface area contributed by atoms with E-state index in [0.29, 0.717) is 17.9 Å². The zero-order chi connectivity index (χ0) is 12.3. The van der Waals surface area contributed by atoms with E-state index in [1.807, 2.05) is 6.92 Å². The van der Waals surface area contributed by atoms with E-state index in [9.17, 15) is 4.79 Å². The number of carbonyl (C=O) groups is 1. The number of ether oxygens (including phenoxy) is 2. The molecule has 0 aliphatic heterocycles. The first-order valence-corrected chi connectivity index (χ1v) is 5.89. The molecule has 0 saturated heterocycles. The zero-order valence-electron chi connectivity index (χ0n) is 10.2. The predicted molar refractivity (Wildman–Crippen MR) is 63.3 cm³/mol. The number of carbonyl (C=O) groups excluding carboxylic acids is 1. The molecule has 0 atom stereocenters. The van der Waals surface area contributed by atoms with Gasteiger partial charge in [-0.05, 0) is 32.3 Å². The Morgan fingerprint density at radius 1 is 1.47 bits per heavy atom. The van der Waals surface area contributed by atoms with Crippen LogP contribution < -0.4 is 4.74 Å². The van der Waals surface area contributed by atoms with Gasteiger partial charge in [0.25, 0.3) is 0 Å². The molecule has 0 bridgehead atoms. The molecule has 4 nitrogen and oxygen atoms in total. The third kappa shape index (κ3) is 2.17. The number of aromatic nitrogens is 1. The van der Waals surface area contributed by atoms with Crippen LogP contribution in [-0.2, 0) is 4.74 Å². The molecule has 0 spiro atoms. The molecular formula is C13H17NO3. The summed E-state index contributed by atoms with van der Waals surface area (Å²) in [5.74, 6) is 0.643. The summed E-state index contributed by atoms with van der Waals surface area (Å²) in [5, 5.41) is 0. The Morgan fingerprint density at radius 3 is 2.76 bits per heavy atom. The lowest BCUT2D eigenvalue weighted by Gasteiger charge is -2.38. The highest BCUT2D eigenvalue weighted by atomic mass is 16.5. The fourth-order valence-electron chi connectivity index (χ4n) is 2.07. The van der Waals surface area contributed by atoms with E-state index < -0.39 is 5.60 Å². The number of ketones is 1. The molecule has 1 aliphatic rings. The molecular weight excluding hydrogens is 218 g/mol. The Balaban J connectivity index is 2.21. The minimum absolute atomic E-state index is 0.0142. The van der Waals surface area contributed by atoms with Crippen molar-refractivity contribution in [1.82, 2.24) is 4.98 Å². The second-order valence-electron chi connectivity index (χ2n) is 4.22. The van der Waals surface area contributed by atoms with E-state index in [2.05, 4.69) is 4.98 Å². The van der Waals surface area contributed by atoms with Gasteiger partial charge >= 0.3 is 0 Å². The number of nitrogens with zero attached hydrogens (tertiary/aromatic N) is 1. The van der Waals surface area contributed by atoms with Crippen molar-refractivity contribution in [2.24, 2.45) is 0 Å². The maximum Gasteiger partial charge on any atom is 0.196 e. The summed E-state index contributed by atoms with van der Waals surface area (Å²) in [5.41, 5.74) is -0.0514. The molecule has 0 N–H and O–H groups in total. The normalized spacial score (nSPS) is 17.3.